The van der Waals surface area contributed by atoms with Crippen molar-refractivity contribution in [2.75, 3.05) is 7.11 Å². The first kappa shape index (κ1) is 13.0. The highest BCUT2D eigenvalue weighted by Gasteiger charge is 2.15. The van der Waals surface area contributed by atoms with Crippen LogP contribution in [0.5, 0.6) is 11.6 Å². The van der Waals surface area contributed by atoms with Gasteiger partial charge in [0.15, 0.2) is 0 Å². The molecule has 7 heteroatoms. The van der Waals surface area contributed by atoms with Gasteiger partial charge in [0.05, 0.1) is 7.11 Å². The third-order valence-electron chi connectivity index (χ3n) is 3.04. The molecule has 0 aliphatic heterocycles. The van der Waals surface area contributed by atoms with Crippen molar-refractivity contribution in [1.29, 1.82) is 0 Å². The van der Waals surface area contributed by atoms with E-state index in [-0.39, 0.29) is 5.75 Å². The van der Waals surface area contributed by atoms with Gasteiger partial charge in [-0.25, -0.2) is 0 Å². The Bertz CT molecular complexity index is 768. The average molecular weight is 284 g/mol. The minimum Gasteiger partial charge on any atom is -0.508 e. The molecule has 106 valence electrons. The topological polar surface area (TPSA) is 94.2 Å². The van der Waals surface area contributed by atoms with Crippen molar-refractivity contribution in [3.63, 3.8) is 0 Å². The van der Waals surface area contributed by atoms with E-state index in [1.807, 2.05) is 0 Å². The van der Waals surface area contributed by atoms with Crippen LogP contribution in [0.3, 0.4) is 0 Å². The van der Waals surface area contributed by atoms with E-state index in [1.165, 1.54) is 7.11 Å². The fraction of sp³-hybridized carbons (Fsp3) is 0.143. The highest BCUT2D eigenvalue weighted by Crippen LogP contribution is 2.29. The number of aromatic nitrogens is 4. The van der Waals surface area contributed by atoms with E-state index in [9.17, 15) is 5.11 Å². The van der Waals surface area contributed by atoms with Crippen LogP contribution in [0.1, 0.15) is 5.56 Å². The Balaban J connectivity index is 1.97. The first-order valence-electron chi connectivity index (χ1n) is 6.20. The van der Waals surface area contributed by atoms with Crippen LogP contribution in [-0.2, 0) is 0 Å². The standard InChI is InChI=1S/C14H12N4O3/c1-8-9(4-3-5-11(8)19)14-15-13(18-21-14)10-6-7-12(20-2)17-16-10/h3-7,19H,1-2H3. The molecule has 0 unspecified atom stereocenters. The van der Waals surface area contributed by atoms with Crippen molar-refractivity contribution in [3.8, 4) is 34.6 Å². The van der Waals surface area contributed by atoms with Gasteiger partial charge in [0.25, 0.3) is 5.89 Å². The van der Waals surface area contributed by atoms with E-state index >= 15 is 0 Å². The monoisotopic (exact) mass is 284 g/mol. The molecule has 0 saturated heterocycles. The summed E-state index contributed by atoms with van der Waals surface area (Å²) in [6.45, 7) is 1.78. The number of phenols is 1. The zero-order valence-corrected chi connectivity index (χ0v) is 11.4. The molecule has 3 aromatic rings. The van der Waals surface area contributed by atoms with Gasteiger partial charge in [0, 0.05) is 17.2 Å². The van der Waals surface area contributed by atoms with Crippen molar-refractivity contribution >= 4 is 0 Å². The Morgan fingerprint density at radius 1 is 1.14 bits per heavy atom. The normalized spacial score (nSPS) is 10.6. The molecule has 0 amide bonds. The molecular weight excluding hydrogens is 272 g/mol. The number of rotatable bonds is 3. The fourth-order valence-corrected chi connectivity index (χ4v) is 1.84. The van der Waals surface area contributed by atoms with Gasteiger partial charge in [-0.2, -0.15) is 4.98 Å². The Labute approximate surface area is 120 Å². The largest absolute Gasteiger partial charge is 0.508 e. The SMILES string of the molecule is COc1ccc(-c2noc(-c3cccc(O)c3C)n2)nn1. The highest BCUT2D eigenvalue weighted by atomic mass is 16.5. The fourth-order valence-electron chi connectivity index (χ4n) is 1.84. The van der Waals surface area contributed by atoms with Crippen molar-refractivity contribution < 1.29 is 14.4 Å². The number of benzene rings is 1. The van der Waals surface area contributed by atoms with Gasteiger partial charge in [-0.05, 0) is 25.1 Å². The molecule has 0 saturated carbocycles. The molecule has 0 aliphatic rings. The van der Waals surface area contributed by atoms with E-state index in [1.54, 1.807) is 37.3 Å². The molecule has 0 atom stereocenters. The Hall–Kier alpha value is -2.96. The van der Waals surface area contributed by atoms with Crippen molar-refractivity contribution in [3.05, 3.63) is 35.9 Å². The van der Waals surface area contributed by atoms with Crippen molar-refractivity contribution in [2.24, 2.45) is 0 Å². The highest BCUT2D eigenvalue weighted by molar-refractivity contribution is 5.63. The lowest BCUT2D eigenvalue weighted by atomic mass is 10.1. The summed E-state index contributed by atoms with van der Waals surface area (Å²) in [6, 6.07) is 8.47. The van der Waals surface area contributed by atoms with E-state index in [2.05, 4.69) is 20.3 Å². The van der Waals surface area contributed by atoms with Crippen LogP contribution in [0.4, 0.5) is 0 Å². The van der Waals surface area contributed by atoms with Gasteiger partial charge in [-0.3, -0.25) is 0 Å². The quantitative estimate of drug-likeness (QED) is 0.787. The molecule has 2 aromatic heterocycles. The lowest BCUT2D eigenvalue weighted by Gasteiger charge is -2.01. The van der Waals surface area contributed by atoms with Gasteiger partial charge < -0.3 is 14.4 Å². The number of phenolic OH excluding ortho intramolecular Hbond substituents is 1. The van der Waals surface area contributed by atoms with E-state index in [4.69, 9.17) is 9.26 Å². The molecule has 2 heterocycles. The van der Waals surface area contributed by atoms with Crippen LogP contribution in [-0.4, -0.2) is 32.6 Å². The van der Waals surface area contributed by atoms with Crippen LogP contribution >= 0.6 is 0 Å². The van der Waals surface area contributed by atoms with Crippen molar-refractivity contribution in [2.45, 2.75) is 6.92 Å². The zero-order chi connectivity index (χ0) is 14.8. The molecule has 0 radical (unpaired) electrons. The summed E-state index contributed by atoms with van der Waals surface area (Å²) in [5.41, 5.74) is 1.83. The molecule has 3 rings (SSSR count). The third-order valence-corrected chi connectivity index (χ3v) is 3.04. The number of methoxy groups -OCH3 is 1. The van der Waals surface area contributed by atoms with Gasteiger partial charge in [-0.15, -0.1) is 10.2 Å². The third kappa shape index (κ3) is 2.40. The second-order valence-electron chi connectivity index (χ2n) is 4.33. The minimum atomic E-state index is 0.177. The molecule has 0 aliphatic carbocycles. The molecule has 1 aromatic carbocycles. The number of aromatic hydroxyl groups is 1. The molecule has 21 heavy (non-hydrogen) atoms. The maximum Gasteiger partial charge on any atom is 0.258 e. The summed E-state index contributed by atoms with van der Waals surface area (Å²) in [7, 11) is 1.51. The number of hydrogen-bond acceptors (Lipinski definition) is 7. The number of ether oxygens (including phenoxy) is 1. The van der Waals surface area contributed by atoms with Gasteiger partial charge >= 0.3 is 0 Å². The van der Waals surface area contributed by atoms with Crippen LogP contribution in [0, 0.1) is 6.92 Å². The minimum absolute atomic E-state index is 0.177. The maximum absolute atomic E-state index is 9.72. The van der Waals surface area contributed by atoms with E-state index < -0.39 is 0 Å². The molecule has 0 spiro atoms. The smallest absolute Gasteiger partial charge is 0.258 e. The summed E-state index contributed by atoms with van der Waals surface area (Å²) in [4.78, 5) is 4.28. The Morgan fingerprint density at radius 3 is 2.71 bits per heavy atom. The van der Waals surface area contributed by atoms with Crippen LogP contribution < -0.4 is 4.74 Å². The summed E-state index contributed by atoms with van der Waals surface area (Å²) in [5.74, 6) is 1.22. The summed E-state index contributed by atoms with van der Waals surface area (Å²) >= 11 is 0. The van der Waals surface area contributed by atoms with Crippen LogP contribution in [0.15, 0.2) is 34.9 Å². The van der Waals surface area contributed by atoms with Gasteiger partial charge in [0.1, 0.15) is 11.4 Å². The first-order valence-corrected chi connectivity index (χ1v) is 6.20. The average Bonchev–Trinajstić information content (AvgIpc) is 3.00. The van der Waals surface area contributed by atoms with E-state index in [0.717, 1.165) is 0 Å². The maximum atomic E-state index is 9.72. The van der Waals surface area contributed by atoms with E-state index in [0.29, 0.717) is 34.4 Å². The summed E-state index contributed by atoms with van der Waals surface area (Å²) in [6.07, 6.45) is 0. The first-order chi connectivity index (χ1) is 10.2. The summed E-state index contributed by atoms with van der Waals surface area (Å²) in [5, 5.41) is 21.4. The second kappa shape index (κ2) is 5.20. The predicted molar refractivity (Wildman–Crippen MR) is 73.7 cm³/mol. The molecule has 7 nitrogen and oxygen atoms in total. The Kier molecular flexibility index (Phi) is 3.23. The molecule has 0 fully saturated rings. The summed E-state index contributed by atoms with van der Waals surface area (Å²) < 4.78 is 10.2. The van der Waals surface area contributed by atoms with Gasteiger partial charge in [-0.1, -0.05) is 11.2 Å². The van der Waals surface area contributed by atoms with Crippen molar-refractivity contribution in [1.82, 2.24) is 20.3 Å². The van der Waals surface area contributed by atoms with Crippen LogP contribution in [0.25, 0.3) is 23.0 Å². The van der Waals surface area contributed by atoms with Gasteiger partial charge in [0.2, 0.25) is 11.7 Å². The Morgan fingerprint density at radius 2 is 2.00 bits per heavy atom. The zero-order valence-electron chi connectivity index (χ0n) is 11.4. The second-order valence-corrected chi connectivity index (χ2v) is 4.33. The predicted octanol–water partition coefficient (Wildman–Crippen LogP) is 2.22. The molecular formula is C14H12N4O3. The lowest BCUT2D eigenvalue weighted by Crippen LogP contribution is -1.93. The number of hydrogen-bond donors (Lipinski definition) is 1. The van der Waals surface area contributed by atoms with Crippen LogP contribution in [0.2, 0.25) is 0 Å². The lowest BCUT2D eigenvalue weighted by molar-refractivity contribution is 0.392. The molecule has 1 N–H and O–H groups in total. The number of nitrogens with zero attached hydrogens (tertiary/aromatic N) is 4. The molecule has 0 bridgehead atoms.